The SMILES string of the molecule is CCCCC(P)Oc1cccc(C)c1. The maximum absolute atomic E-state index is 5.76. The lowest BCUT2D eigenvalue weighted by atomic mass is 10.2. The molecule has 2 heteroatoms. The van der Waals surface area contributed by atoms with Gasteiger partial charge in [0.15, 0.2) is 0 Å². The largest absolute Gasteiger partial charge is 0.487 e. The Morgan fingerprint density at radius 3 is 2.86 bits per heavy atom. The summed E-state index contributed by atoms with van der Waals surface area (Å²) >= 11 is 0. The summed E-state index contributed by atoms with van der Waals surface area (Å²) in [6.45, 7) is 4.28. The number of rotatable bonds is 5. The van der Waals surface area contributed by atoms with Gasteiger partial charge in [0.05, 0.1) is 0 Å². The third-order valence-electron chi connectivity index (χ3n) is 2.12. The van der Waals surface area contributed by atoms with E-state index in [0.29, 0.717) is 0 Å². The topological polar surface area (TPSA) is 9.23 Å². The number of ether oxygens (including phenoxy) is 1. The maximum Gasteiger partial charge on any atom is 0.120 e. The molecule has 0 saturated heterocycles. The van der Waals surface area contributed by atoms with E-state index < -0.39 is 0 Å². The van der Waals surface area contributed by atoms with Crippen molar-refractivity contribution in [3.63, 3.8) is 0 Å². The first-order valence-electron chi connectivity index (χ1n) is 5.21. The van der Waals surface area contributed by atoms with Gasteiger partial charge in [0.1, 0.15) is 11.6 Å². The van der Waals surface area contributed by atoms with Crippen molar-refractivity contribution in [2.45, 2.75) is 39.0 Å². The summed E-state index contributed by atoms with van der Waals surface area (Å²) in [6.07, 6.45) is 3.55. The van der Waals surface area contributed by atoms with Gasteiger partial charge < -0.3 is 4.74 Å². The summed E-state index contributed by atoms with van der Waals surface area (Å²) in [5, 5.41) is 0. The molecule has 14 heavy (non-hydrogen) atoms. The van der Waals surface area contributed by atoms with Gasteiger partial charge in [0, 0.05) is 0 Å². The van der Waals surface area contributed by atoms with Crippen LogP contribution in [0.1, 0.15) is 31.7 Å². The molecule has 0 aliphatic rings. The van der Waals surface area contributed by atoms with Crippen molar-refractivity contribution in [2.24, 2.45) is 0 Å². The molecule has 0 heterocycles. The molecule has 0 aliphatic heterocycles. The molecule has 0 N–H and O–H groups in total. The van der Waals surface area contributed by atoms with Crippen LogP contribution in [0.5, 0.6) is 5.75 Å². The van der Waals surface area contributed by atoms with Crippen LogP contribution in [0.3, 0.4) is 0 Å². The number of aryl methyl sites for hydroxylation is 1. The molecule has 0 aromatic heterocycles. The second-order valence-electron chi connectivity index (χ2n) is 3.62. The van der Waals surface area contributed by atoms with Crippen molar-refractivity contribution in [1.29, 1.82) is 0 Å². The van der Waals surface area contributed by atoms with Gasteiger partial charge in [-0.2, -0.15) is 0 Å². The lowest BCUT2D eigenvalue weighted by Crippen LogP contribution is -2.07. The van der Waals surface area contributed by atoms with Gasteiger partial charge in [-0.05, 0) is 37.5 Å². The summed E-state index contributed by atoms with van der Waals surface area (Å²) in [5.74, 6) is 1.22. The Morgan fingerprint density at radius 2 is 2.21 bits per heavy atom. The third kappa shape index (κ3) is 4.11. The summed E-state index contributed by atoms with van der Waals surface area (Å²) in [4.78, 5) is 0. The molecule has 0 fully saturated rings. The molecule has 0 spiro atoms. The van der Waals surface area contributed by atoms with Crippen LogP contribution in [-0.4, -0.2) is 5.85 Å². The molecule has 0 aliphatic carbocycles. The zero-order valence-electron chi connectivity index (χ0n) is 8.99. The smallest absolute Gasteiger partial charge is 0.120 e. The van der Waals surface area contributed by atoms with Crippen LogP contribution in [0.4, 0.5) is 0 Å². The normalized spacial score (nSPS) is 12.5. The lowest BCUT2D eigenvalue weighted by Gasteiger charge is -2.14. The molecule has 78 valence electrons. The molecule has 1 aromatic carbocycles. The highest BCUT2D eigenvalue weighted by Crippen LogP contribution is 2.19. The van der Waals surface area contributed by atoms with E-state index in [4.69, 9.17) is 4.74 Å². The number of unbranched alkanes of at least 4 members (excludes halogenated alkanes) is 1. The van der Waals surface area contributed by atoms with Crippen LogP contribution >= 0.6 is 9.24 Å². The Kier molecular flexibility index (Phi) is 4.97. The molecule has 1 aromatic rings. The Hall–Kier alpha value is -0.550. The van der Waals surface area contributed by atoms with Crippen LogP contribution < -0.4 is 4.74 Å². The van der Waals surface area contributed by atoms with Gasteiger partial charge in [0.25, 0.3) is 0 Å². The summed E-state index contributed by atoms with van der Waals surface area (Å²) in [7, 11) is 2.75. The van der Waals surface area contributed by atoms with Crippen molar-refractivity contribution in [1.82, 2.24) is 0 Å². The minimum absolute atomic E-state index is 0.247. The van der Waals surface area contributed by atoms with Crippen molar-refractivity contribution >= 4 is 9.24 Å². The number of benzene rings is 1. The minimum atomic E-state index is 0.247. The van der Waals surface area contributed by atoms with Crippen molar-refractivity contribution in [3.8, 4) is 5.75 Å². The van der Waals surface area contributed by atoms with Crippen LogP contribution in [0.15, 0.2) is 24.3 Å². The fourth-order valence-corrected chi connectivity index (χ4v) is 1.72. The number of hydrogen-bond acceptors (Lipinski definition) is 1. The van der Waals surface area contributed by atoms with Gasteiger partial charge in [-0.1, -0.05) is 34.7 Å². The lowest BCUT2D eigenvalue weighted by molar-refractivity contribution is 0.272. The van der Waals surface area contributed by atoms with Gasteiger partial charge in [-0.3, -0.25) is 0 Å². The predicted octanol–water partition coefficient (Wildman–Crippen LogP) is 3.77. The molecule has 1 nitrogen and oxygen atoms in total. The summed E-state index contributed by atoms with van der Waals surface area (Å²) in [6, 6.07) is 8.19. The van der Waals surface area contributed by atoms with Crippen molar-refractivity contribution < 1.29 is 4.74 Å². The monoisotopic (exact) mass is 210 g/mol. The average molecular weight is 210 g/mol. The third-order valence-corrected chi connectivity index (χ3v) is 2.59. The molecule has 0 amide bonds. The van der Waals surface area contributed by atoms with E-state index in [1.807, 2.05) is 12.1 Å². The van der Waals surface area contributed by atoms with E-state index in [2.05, 4.69) is 35.2 Å². The molecule has 1 rings (SSSR count). The van der Waals surface area contributed by atoms with Crippen LogP contribution in [0, 0.1) is 6.92 Å². The second-order valence-corrected chi connectivity index (χ2v) is 4.36. The molecular formula is C12H19OP. The van der Waals surface area contributed by atoms with Crippen LogP contribution in [-0.2, 0) is 0 Å². The Balaban J connectivity index is 2.43. The Morgan fingerprint density at radius 1 is 1.43 bits per heavy atom. The molecule has 0 saturated carbocycles. The quantitative estimate of drug-likeness (QED) is 0.672. The minimum Gasteiger partial charge on any atom is -0.487 e. The predicted molar refractivity (Wildman–Crippen MR) is 64.8 cm³/mol. The van der Waals surface area contributed by atoms with Crippen LogP contribution in [0.25, 0.3) is 0 Å². The van der Waals surface area contributed by atoms with E-state index in [0.717, 1.165) is 12.2 Å². The van der Waals surface area contributed by atoms with E-state index in [1.165, 1.54) is 18.4 Å². The Bertz CT molecular complexity index is 273. The van der Waals surface area contributed by atoms with Crippen molar-refractivity contribution in [3.05, 3.63) is 29.8 Å². The average Bonchev–Trinajstić information content (AvgIpc) is 2.15. The van der Waals surface area contributed by atoms with E-state index in [9.17, 15) is 0 Å². The molecule has 2 atom stereocenters. The fraction of sp³-hybridized carbons (Fsp3) is 0.500. The van der Waals surface area contributed by atoms with Gasteiger partial charge in [-0.15, -0.1) is 0 Å². The highest BCUT2D eigenvalue weighted by Gasteiger charge is 2.02. The first-order valence-corrected chi connectivity index (χ1v) is 5.88. The molecular weight excluding hydrogens is 191 g/mol. The first kappa shape index (κ1) is 11.5. The van der Waals surface area contributed by atoms with Gasteiger partial charge in [-0.25, -0.2) is 0 Å². The first-order chi connectivity index (χ1) is 6.72. The second kappa shape index (κ2) is 6.03. The van der Waals surface area contributed by atoms with Gasteiger partial charge in [0.2, 0.25) is 0 Å². The Labute approximate surface area is 89.1 Å². The van der Waals surface area contributed by atoms with Gasteiger partial charge >= 0.3 is 0 Å². The van der Waals surface area contributed by atoms with E-state index >= 15 is 0 Å². The van der Waals surface area contributed by atoms with Crippen LogP contribution in [0.2, 0.25) is 0 Å². The number of hydrogen-bond donors (Lipinski definition) is 0. The zero-order chi connectivity index (χ0) is 10.4. The highest BCUT2D eigenvalue weighted by molar-refractivity contribution is 7.17. The summed E-state index contributed by atoms with van der Waals surface area (Å²) < 4.78 is 5.76. The zero-order valence-corrected chi connectivity index (χ0v) is 10.1. The van der Waals surface area contributed by atoms with Crippen molar-refractivity contribution in [2.75, 3.05) is 0 Å². The molecule has 0 radical (unpaired) electrons. The standard InChI is InChI=1S/C12H19OP/c1-3-4-8-12(14)13-11-7-5-6-10(2)9-11/h5-7,9,12H,3-4,8,14H2,1-2H3. The molecule has 2 unspecified atom stereocenters. The van der Waals surface area contributed by atoms with E-state index in [-0.39, 0.29) is 5.85 Å². The molecule has 0 bridgehead atoms. The van der Waals surface area contributed by atoms with E-state index in [1.54, 1.807) is 0 Å². The fourth-order valence-electron chi connectivity index (χ4n) is 1.33. The maximum atomic E-state index is 5.76. The summed E-state index contributed by atoms with van der Waals surface area (Å²) in [5.41, 5.74) is 1.25. The highest BCUT2D eigenvalue weighted by atomic mass is 31.0.